The van der Waals surface area contributed by atoms with Gasteiger partial charge in [0.1, 0.15) is 11.3 Å². The third-order valence-electron chi connectivity index (χ3n) is 4.33. The molecule has 7 heteroatoms. The molecule has 1 aliphatic rings. The van der Waals surface area contributed by atoms with Gasteiger partial charge < -0.3 is 14.7 Å². The standard InChI is InChI=1S/C18H21N3O4/c1-4-5-13-6-7-14(15(12-13)24-2)16-17(22)20-10-8-19(25-3)9-11-21(20)18(16)23/h6-7,12,22H,8-11H2,1-3H3. The molecule has 1 aromatic heterocycles. The van der Waals surface area contributed by atoms with Crippen LogP contribution in [0.4, 0.5) is 0 Å². The largest absolute Gasteiger partial charge is 0.496 e. The van der Waals surface area contributed by atoms with Crippen LogP contribution in [0.3, 0.4) is 0 Å². The lowest BCUT2D eigenvalue weighted by atomic mass is 10.0. The fraction of sp³-hybridized carbons (Fsp3) is 0.389. The summed E-state index contributed by atoms with van der Waals surface area (Å²) in [5.41, 5.74) is 1.35. The first-order valence-electron chi connectivity index (χ1n) is 8.03. The number of nitrogens with zero attached hydrogens (tertiary/aromatic N) is 3. The minimum Gasteiger partial charge on any atom is -0.496 e. The molecular formula is C18H21N3O4. The summed E-state index contributed by atoms with van der Waals surface area (Å²) >= 11 is 0. The molecule has 25 heavy (non-hydrogen) atoms. The van der Waals surface area contributed by atoms with Crippen molar-refractivity contribution in [3.05, 3.63) is 34.1 Å². The summed E-state index contributed by atoms with van der Waals surface area (Å²) in [6.45, 7) is 3.80. The molecule has 1 aliphatic heterocycles. The van der Waals surface area contributed by atoms with E-state index in [4.69, 9.17) is 9.57 Å². The van der Waals surface area contributed by atoms with Gasteiger partial charge in [0, 0.05) is 24.2 Å². The zero-order valence-corrected chi connectivity index (χ0v) is 14.6. The predicted octanol–water partition coefficient (Wildman–Crippen LogP) is 1.28. The Hall–Kier alpha value is -2.69. The zero-order valence-electron chi connectivity index (χ0n) is 14.6. The van der Waals surface area contributed by atoms with Crippen molar-refractivity contribution in [1.82, 2.24) is 14.4 Å². The first kappa shape index (κ1) is 17.1. The van der Waals surface area contributed by atoms with Crippen molar-refractivity contribution in [1.29, 1.82) is 0 Å². The number of aromatic hydroxyl groups is 1. The average molecular weight is 343 g/mol. The van der Waals surface area contributed by atoms with E-state index in [-0.39, 0.29) is 17.0 Å². The van der Waals surface area contributed by atoms with Gasteiger partial charge in [0.05, 0.1) is 27.3 Å². The van der Waals surface area contributed by atoms with Gasteiger partial charge in [-0.3, -0.25) is 4.79 Å². The van der Waals surface area contributed by atoms with Crippen LogP contribution in [0.5, 0.6) is 11.6 Å². The van der Waals surface area contributed by atoms with Crippen LogP contribution in [0.25, 0.3) is 11.1 Å². The van der Waals surface area contributed by atoms with Crippen LogP contribution in [-0.4, -0.2) is 46.8 Å². The second kappa shape index (κ2) is 7.05. The van der Waals surface area contributed by atoms with E-state index in [1.807, 2.05) is 6.07 Å². The number of ether oxygens (including phenoxy) is 1. The average Bonchev–Trinajstić information content (AvgIpc) is 2.78. The third kappa shape index (κ3) is 3.02. The second-order valence-electron chi connectivity index (χ2n) is 5.65. The molecule has 0 radical (unpaired) electrons. The van der Waals surface area contributed by atoms with Gasteiger partial charge in [-0.15, -0.1) is 5.92 Å². The third-order valence-corrected chi connectivity index (χ3v) is 4.33. The van der Waals surface area contributed by atoms with Gasteiger partial charge in [0.15, 0.2) is 0 Å². The molecule has 0 unspecified atom stereocenters. The summed E-state index contributed by atoms with van der Waals surface area (Å²) in [4.78, 5) is 18.1. The van der Waals surface area contributed by atoms with Crippen LogP contribution >= 0.6 is 0 Å². The smallest absolute Gasteiger partial charge is 0.278 e. The number of methoxy groups -OCH3 is 1. The number of hydrogen-bond acceptors (Lipinski definition) is 5. The van der Waals surface area contributed by atoms with Gasteiger partial charge in [-0.2, -0.15) is 5.06 Å². The molecule has 2 heterocycles. The number of aromatic nitrogens is 2. The maximum Gasteiger partial charge on any atom is 0.278 e. The van der Waals surface area contributed by atoms with E-state index in [1.165, 1.54) is 7.11 Å². The van der Waals surface area contributed by atoms with E-state index in [2.05, 4.69) is 11.8 Å². The quantitative estimate of drug-likeness (QED) is 0.851. The first-order valence-corrected chi connectivity index (χ1v) is 8.03. The molecule has 0 spiro atoms. The normalized spacial score (nSPS) is 14.4. The molecule has 0 amide bonds. The topological polar surface area (TPSA) is 68.9 Å². The molecule has 0 aliphatic carbocycles. The molecule has 2 aromatic rings. The van der Waals surface area contributed by atoms with E-state index in [0.29, 0.717) is 37.5 Å². The molecular weight excluding hydrogens is 322 g/mol. The molecule has 0 atom stereocenters. The Labute approximate surface area is 145 Å². The fourth-order valence-electron chi connectivity index (χ4n) is 3.09. The number of fused-ring (bicyclic) bond motifs is 1. The second-order valence-corrected chi connectivity index (χ2v) is 5.65. The fourth-order valence-corrected chi connectivity index (χ4v) is 3.09. The molecule has 7 nitrogen and oxygen atoms in total. The summed E-state index contributed by atoms with van der Waals surface area (Å²) in [5.74, 6) is 6.24. The summed E-state index contributed by atoms with van der Waals surface area (Å²) in [6, 6.07) is 5.34. The highest BCUT2D eigenvalue weighted by Crippen LogP contribution is 2.34. The summed E-state index contributed by atoms with van der Waals surface area (Å²) in [6.07, 6.45) is 0. The monoisotopic (exact) mass is 343 g/mol. The predicted molar refractivity (Wildman–Crippen MR) is 93.5 cm³/mol. The van der Waals surface area contributed by atoms with Crippen LogP contribution in [0.2, 0.25) is 0 Å². The van der Waals surface area contributed by atoms with Crippen molar-refractivity contribution in [2.75, 3.05) is 27.3 Å². The van der Waals surface area contributed by atoms with E-state index in [0.717, 1.165) is 5.56 Å². The van der Waals surface area contributed by atoms with Crippen LogP contribution in [-0.2, 0) is 17.9 Å². The van der Waals surface area contributed by atoms with Crippen molar-refractivity contribution >= 4 is 0 Å². The SMILES string of the molecule is CC#Cc1ccc(-c2c(O)n3n(c2=O)CCN(OC)CC3)c(OC)c1. The van der Waals surface area contributed by atoms with Crippen LogP contribution in [0.1, 0.15) is 12.5 Å². The minimum absolute atomic E-state index is 0.0596. The lowest BCUT2D eigenvalue weighted by Crippen LogP contribution is -2.27. The van der Waals surface area contributed by atoms with Crippen molar-refractivity contribution in [2.45, 2.75) is 20.0 Å². The highest BCUT2D eigenvalue weighted by molar-refractivity contribution is 5.75. The maximum absolute atomic E-state index is 12.9. The highest BCUT2D eigenvalue weighted by atomic mass is 16.7. The molecule has 0 saturated carbocycles. The van der Waals surface area contributed by atoms with E-state index in [1.54, 1.807) is 40.6 Å². The highest BCUT2D eigenvalue weighted by Gasteiger charge is 2.25. The summed E-state index contributed by atoms with van der Waals surface area (Å²) < 4.78 is 8.56. The molecule has 132 valence electrons. The molecule has 3 rings (SSSR count). The number of benzene rings is 1. The Kier molecular flexibility index (Phi) is 4.83. The molecule has 0 fully saturated rings. The molecule has 1 N–H and O–H groups in total. The Morgan fingerprint density at radius 2 is 1.84 bits per heavy atom. The molecule has 1 aromatic carbocycles. The molecule has 0 saturated heterocycles. The van der Waals surface area contributed by atoms with Crippen molar-refractivity contribution < 1.29 is 14.7 Å². The van der Waals surface area contributed by atoms with E-state index in [9.17, 15) is 9.90 Å². The van der Waals surface area contributed by atoms with Gasteiger partial charge in [0.25, 0.3) is 5.56 Å². The van der Waals surface area contributed by atoms with Crippen LogP contribution in [0, 0.1) is 11.8 Å². The minimum atomic E-state index is -0.247. The zero-order chi connectivity index (χ0) is 18.0. The first-order chi connectivity index (χ1) is 12.1. The van der Waals surface area contributed by atoms with Crippen molar-refractivity contribution in [2.24, 2.45) is 0 Å². The Bertz CT molecular complexity index is 902. The van der Waals surface area contributed by atoms with Crippen molar-refractivity contribution in [3.8, 4) is 34.6 Å². The van der Waals surface area contributed by atoms with E-state index >= 15 is 0 Å². The number of hydrogen-bond donors (Lipinski definition) is 1. The lowest BCUT2D eigenvalue weighted by Gasteiger charge is -2.15. The molecule has 0 bridgehead atoms. The van der Waals surface area contributed by atoms with Gasteiger partial charge in [-0.25, -0.2) is 9.36 Å². The van der Waals surface area contributed by atoms with Gasteiger partial charge >= 0.3 is 0 Å². The Balaban J connectivity index is 2.11. The Morgan fingerprint density at radius 3 is 2.48 bits per heavy atom. The van der Waals surface area contributed by atoms with E-state index < -0.39 is 0 Å². The lowest BCUT2D eigenvalue weighted by molar-refractivity contribution is -0.130. The van der Waals surface area contributed by atoms with Crippen LogP contribution in [0.15, 0.2) is 23.0 Å². The van der Waals surface area contributed by atoms with Gasteiger partial charge in [-0.1, -0.05) is 5.92 Å². The summed E-state index contributed by atoms with van der Waals surface area (Å²) in [5, 5.41) is 12.4. The van der Waals surface area contributed by atoms with Gasteiger partial charge in [-0.05, 0) is 25.1 Å². The number of rotatable bonds is 3. The number of hydroxylamine groups is 2. The van der Waals surface area contributed by atoms with Crippen molar-refractivity contribution in [3.63, 3.8) is 0 Å². The maximum atomic E-state index is 12.9. The Morgan fingerprint density at radius 1 is 1.12 bits per heavy atom. The van der Waals surface area contributed by atoms with Crippen LogP contribution < -0.4 is 10.3 Å². The van der Waals surface area contributed by atoms with Gasteiger partial charge in [0.2, 0.25) is 5.88 Å². The summed E-state index contributed by atoms with van der Waals surface area (Å²) in [7, 11) is 3.13.